The molecular weight excluding hydrogens is 312 g/mol. The van der Waals surface area contributed by atoms with Crippen LogP contribution in [0.25, 0.3) is 0 Å². The Kier molecular flexibility index (Phi) is 5.65. The smallest absolute Gasteiger partial charge is 0.230 e. The van der Waals surface area contributed by atoms with Gasteiger partial charge in [0.2, 0.25) is 11.1 Å². The molecule has 0 spiro atoms. The van der Waals surface area contributed by atoms with Gasteiger partial charge in [0.05, 0.1) is 5.75 Å². The van der Waals surface area contributed by atoms with Crippen molar-refractivity contribution in [2.45, 2.75) is 45.0 Å². The number of carbonyl (C=O) groups excluding carboxylic acids is 1. The zero-order valence-corrected chi connectivity index (χ0v) is 14.7. The Labute approximate surface area is 140 Å². The molecule has 1 aromatic heterocycles. The predicted octanol–water partition coefficient (Wildman–Crippen LogP) is 2.70. The number of nitrogens with zero attached hydrogens (tertiary/aromatic N) is 2. The molecule has 0 unspecified atom stereocenters. The summed E-state index contributed by atoms with van der Waals surface area (Å²) >= 11 is 1.29. The van der Waals surface area contributed by atoms with Crippen LogP contribution < -0.4 is 10.1 Å². The predicted molar refractivity (Wildman–Crippen MR) is 90.5 cm³/mol. The summed E-state index contributed by atoms with van der Waals surface area (Å²) in [6.07, 6.45) is 0. The normalized spacial score (nSPS) is 11.3. The first-order valence-electron chi connectivity index (χ1n) is 7.37. The number of aromatic amines is 1. The SMILES string of the molecule is Cc1ccccc1OCc1nc(SCC(=O)NC(C)(C)C)n[nH]1. The monoisotopic (exact) mass is 334 g/mol. The van der Waals surface area contributed by atoms with Gasteiger partial charge in [-0.15, -0.1) is 5.10 Å². The third-order valence-electron chi connectivity index (χ3n) is 2.82. The van der Waals surface area contributed by atoms with Gasteiger partial charge >= 0.3 is 0 Å². The lowest BCUT2D eigenvalue weighted by molar-refractivity contribution is -0.119. The van der Waals surface area contributed by atoms with E-state index in [-0.39, 0.29) is 17.2 Å². The second-order valence-corrected chi connectivity index (χ2v) is 7.15. The maximum atomic E-state index is 11.8. The molecule has 7 heteroatoms. The van der Waals surface area contributed by atoms with Crippen molar-refractivity contribution >= 4 is 17.7 Å². The Morgan fingerprint density at radius 2 is 2.09 bits per heavy atom. The average molecular weight is 334 g/mol. The molecule has 2 N–H and O–H groups in total. The van der Waals surface area contributed by atoms with Crippen molar-refractivity contribution in [3.63, 3.8) is 0 Å². The first kappa shape index (κ1) is 17.3. The molecule has 0 bridgehead atoms. The lowest BCUT2D eigenvalue weighted by atomic mass is 10.1. The van der Waals surface area contributed by atoms with E-state index in [0.717, 1.165) is 11.3 Å². The molecule has 0 fully saturated rings. The summed E-state index contributed by atoms with van der Waals surface area (Å²) in [5, 5.41) is 10.4. The number of hydrogen-bond donors (Lipinski definition) is 2. The molecule has 1 aromatic carbocycles. The first-order valence-corrected chi connectivity index (χ1v) is 8.35. The zero-order valence-electron chi connectivity index (χ0n) is 13.8. The second kappa shape index (κ2) is 7.50. The van der Waals surface area contributed by atoms with E-state index in [1.807, 2.05) is 52.0 Å². The van der Waals surface area contributed by atoms with Gasteiger partial charge in [-0.1, -0.05) is 30.0 Å². The summed E-state index contributed by atoms with van der Waals surface area (Å²) in [4.78, 5) is 16.1. The number of nitrogens with one attached hydrogen (secondary N) is 2. The van der Waals surface area contributed by atoms with Gasteiger partial charge in [0.1, 0.15) is 12.4 Å². The molecule has 0 saturated heterocycles. The molecule has 2 rings (SSSR count). The lowest BCUT2D eigenvalue weighted by Gasteiger charge is -2.19. The number of H-pyrrole nitrogens is 1. The Hall–Kier alpha value is -2.02. The summed E-state index contributed by atoms with van der Waals surface area (Å²) in [5.74, 6) is 1.70. The van der Waals surface area contributed by atoms with Gasteiger partial charge in [0, 0.05) is 5.54 Å². The highest BCUT2D eigenvalue weighted by Crippen LogP contribution is 2.18. The van der Waals surface area contributed by atoms with E-state index in [4.69, 9.17) is 4.74 Å². The van der Waals surface area contributed by atoms with Crippen molar-refractivity contribution < 1.29 is 9.53 Å². The molecule has 0 saturated carbocycles. The molecule has 0 aliphatic heterocycles. The molecule has 0 atom stereocenters. The zero-order chi connectivity index (χ0) is 16.9. The fraction of sp³-hybridized carbons (Fsp3) is 0.438. The van der Waals surface area contributed by atoms with Gasteiger partial charge in [0.15, 0.2) is 5.82 Å². The van der Waals surface area contributed by atoms with Crippen molar-refractivity contribution in [1.29, 1.82) is 0 Å². The van der Waals surface area contributed by atoms with Gasteiger partial charge < -0.3 is 10.1 Å². The minimum absolute atomic E-state index is 0.0370. The minimum Gasteiger partial charge on any atom is -0.485 e. The van der Waals surface area contributed by atoms with Gasteiger partial charge in [-0.2, -0.15) is 0 Å². The van der Waals surface area contributed by atoms with E-state index in [1.165, 1.54) is 11.8 Å². The molecule has 23 heavy (non-hydrogen) atoms. The van der Waals surface area contributed by atoms with Crippen LogP contribution in [0.2, 0.25) is 0 Å². The number of benzene rings is 1. The number of aromatic nitrogens is 3. The summed E-state index contributed by atoms with van der Waals surface area (Å²) in [5.41, 5.74) is 0.837. The van der Waals surface area contributed by atoms with Crippen molar-refractivity contribution in [2.75, 3.05) is 5.75 Å². The van der Waals surface area contributed by atoms with Gasteiger partial charge in [-0.25, -0.2) is 4.98 Å². The van der Waals surface area contributed by atoms with Crippen molar-refractivity contribution in [3.8, 4) is 5.75 Å². The summed E-state index contributed by atoms with van der Waals surface area (Å²) in [7, 11) is 0. The lowest BCUT2D eigenvalue weighted by Crippen LogP contribution is -2.41. The quantitative estimate of drug-likeness (QED) is 0.794. The van der Waals surface area contributed by atoms with Crippen LogP contribution >= 0.6 is 11.8 Å². The minimum atomic E-state index is -0.233. The van der Waals surface area contributed by atoms with Gasteiger partial charge in [0.25, 0.3) is 0 Å². The molecule has 0 aliphatic rings. The van der Waals surface area contributed by atoms with Crippen molar-refractivity contribution in [3.05, 3.63) is 35.7 Å². The molecule has 0 radical (unpaired) electrons. The fourth-order valence-corrected chi connectivity index (χ4v) is 2.47. The van der Waals surface area contributed by atoms with Crippen LogP contribution in [-0.4, -0.2) is 32.4 Å². The maximum absolute atomic E-state index is 11.8. The van der Waals surface area contributed by atoms with E-state index in [9.17, 15) is 4.79 Å². The van der Waals surface area contributed by atoms with Crippen molar-refractivity contribution in [2.24, 2.45) is 0 Å². The van der Waals surface area contributed by atoms with Crippen LogP contribution in [0, 0.1) is 6.92 Å². The second-order valence-electron chi connectivity index (χ2n) is 6.21. The Balaban J connectivity index is 1.82. The molecular formula is C16H22N4O2S. The van der Waals surface area contributed by atoms with E-state index in [2.05, 4.69) is 20.5 Å². The van der Waals surface area contributed by atoms with Crippen LogP contribution in [-0.2, 0) is 11.4 Å². The van der Waals surface area contributed by atoms with E-state index < -0.39 is 0 Å². The molecule has 2 aromatic rings. The highest BCUT2D eigenvalue weighted by molar-refractivity contribution is 7.99. The van der Waals surface area contributed by atoms with Crippen LogP contribution in [0.1, 0.15) is 32.2 Å². The Bertz CT molecular complexity index is 664. The van der Waals surface area contributed by atoms with Crippen LogP contribution in [0.5, 0.6) is 5.75 Å². The number of amides is 1. The van der Waals surface area contributed by atoms with Gasteiger partial charge in [-0.3, -0.25) is 9.89 Å². The molecule has 0 aliphatic carbocycles. The van der Waals surface area contributed by atoms with E-state index >= 15 is 0 Å². The number of ether oxygens (including phenoxy) is 1. The highest BCUT2D eigenvalue weighted by Gasteiger charge is 2.14. The number of hydrogen-bond acceptors (Lipinski definition) is 5. The molecule has 1 heterocycles. The number of para-hydroxylation sites is 1. The third kappa shape index (κ3) is 5.94. The summed E-state index contributed by atoms with van der Waals surface area (Å²) in [6.45, 7) is 8.15. The van der Waals surface area contributed by atoms with Crippen LogP contribution in [0.15, 0.2) is 29.4 Å². The van der Waals surface area contributed by atoms with Crippen LogP contribution in [0.4, 0.5) is 0 Å². The first-order chi connectivity index (χ1) is 10.8. The van der Waals surface area contributed by atoms with Crippen molar-refractivity contribution in [1.82, 2.24) is 20.5 Å². The summed E-state index contributed by atoms with van der Waals surface area (Å²) in [6, 6.07) is 7.80. The van der Waals surface area contributed by atoms with Gasteiger partial charge in [-0.05, 0) is 39.3 Å². The molecule has 6 nitrogen and oxygen atoms in total. The van der Waals surface area contributed by atoms with E-state index in [1.54, 1.807) is 0 Å². The summed E-state index contributed by atoms with van der Waals surface area (Å²) < 4.78 is 5.71. The highest BCUT2D eigenvalue weighted by atomic mass is 32.2. The molecule has 124 valence electrons. The number of rotatable bonds is 6. The van der Waals surface area contributed by atoms with Crippen LogP contribution in [0.3, 0.4) is 0 Å². The standard InChI is InChI=1S/C16H22N4O2S/c1-11-7-5-6-8-12(11)22-9-13-17-15(20-19-13)23-10-14(21)18-16(2,3)4/h5-8H,9-10H2,1-4H3,(H,18,21)(H,17,19,20). The topological polar surface area (TPSA) is 79.9 Å². The number of thioether (sulfide) groups is 1. The number of aryl methyl sites for hydroxylation is 1. The molecule has 1 amide bonds. The third-order valence-corrected chi connectivity index (χ3v) is 3.66. The number of carbonyl (C=O) groups is 1. The van der Waals surface area contributed by atoms with E-state index in [0.29, 0.717) is 17.6 Å². The maximum Gasteiger partial charge on any atom is 0.230 e. The average Bonchev–Trinajstić information content (AvgIpc) is 2.90. The largest absolute Gasteiger partial charge is 0.485 e. The fourth-order valence-electron chi connectivity index (χ4n) is 1.86. The Morgan fingerprint density at radius 1 is 1.35 bits per heavy atom. The Morgan fingerprint density at radius 3 is 2.78 bits per heavy atom.